The van der Waals surface area contributed by atoms with Crippen molar-refractivity contribution in [1.29, 1.82) is 0 Å². The third-order valence-electron chi connectivity index (χ3n) is 5.02. The van der Waals surface area contributed by atoms with Crippen molar-refractivity contribution >= 4 is 5.97 Å². The van der Waals surface area contributed by atoms with Crippen LogP contribution in [0.5, 0.6) is 0 Å². The van der Waals surface area contributed by atoms with Crippen LogP contribution in [-0.2, 0) is 4.79 Å². The van der Waals surface area contributed by atoms with Crippen LogP contribution in [0.4, 0.5) is 0 Å². The van der Waals surface area contributed by atoms with E-state index in [0.29, 0.717) is 12.5 Å². The fourth-order valence-electron chi connectivity index (χ4n) is 3.39. The van der Waals surface area contributed by atoms with Gasteiger partial charge < -0.3 is 15.3 Å². The normalized spacial score (nSPS) is 25.0. The minimum absolute atomic E-state index is 0.311. The van der Waals surface area contributed by atoms with Crippen LogP contribution in [0, 0.1) is 5.92 Å². The Kier molecular flexibility index (Phi) is 7.67. The largest absolute Gasteiger partial charge is 0.480 e. The number of nitrogens with one attached hydrogen (secondary N) is 1. The molecule has 1 heterocycles. The first-order valence-electron chi connectivity index (χ1n) is 8.65. The van der Waals surface area contributed by atoms with Crippen LogP contribution in [0.25, 0.3) is 0 Å². The molecule has 3 unspecified atom stereocenters. The van der Waals surface area contributed by atoms with Crippen molar-refractivity contribution in [2.24, 2.45) is 5.92 Å². The molecule has 4 heteroatoms. The van der Waals surface area contributed by atoms with Crippen LogP contribution < -0.4 is 5.32 Å². The average Bonchev–Trinajstić information content (AvgIpc) is 2.70. The Morgan fingerprint density at radius 1 is 1.38 bits per heavy atom. The summed E-state index contributed by atoms with van der Waals surface area (Å²) in [6.07, 6.45) is 6.72. The van der Waals surface area contributed by atoms with Crippen molar-refractivity contribution < 1.29 is 9.90 Å². The molecule has 0 aliphatic carbocycles. The standard InChI is InChI=1S/C17H34N2O2/c1-5-10-18-17(4,16(20)21)13-14(3)19-11-7-8-15(6-2)9-12-19/h14-15,18H,5-13H2,1-4H3,(H,20,21). The summed E-state index contributed by atoms with van der Waals surface area (Å²) in [5.41, 5.74) is -0.814. The van der Waals surface area contributed by atoms with E-state index in [2.05, 4.69) is 31.0 Å². The summed E-state index contributed by atoms with van der Waals surface area (Å²) < 4.78 is 0. The van der Waals surface area contributed by atoms with Crippen LogP contribution in [-0.4, -0.2) is 47.2 Å². The second-order valence-corrected chi connectivity index (χ2v) is 6.86. The third kappa shape index (κ3) is 5.59. The first-order chi connectivity index (χ1) is 9.92. The van der Waals surface area contributed by atoms with Gasteiger partial charge in [-0.25, -0.2) is 0 Å². The molecule has 21 heavy (non-hydrogen) atoms. The number of hydrogen-bond acceptors (Lipinski definition) is 3. The Balaban J connectivity index is 2.60. The van der Waals surface area contributed by atoms with E-state index in [0.717, 1.165) is 32.0 Å². The zero-order valence-corrected chi connectivity index (χ0v) is 14.3. The zero-order valence-electron chi connectivity index (χ0n) is 14.3. The van der Waals surface area contributed by atoms with E-state index in [1.807, 2.05) is 6.92 Å². The summed E-state index contributed by atoms with van der Waals surface area (Å²) in [6.45, 7) is 11.3. The Morgan fingerprint density at radius 2 is 2.10 bits per heavy atom. The van der Waals surface area contributed by atoms with Gasteiger partial charge in [-0.2, -0.15) is 0 Å². The van der Waals surface area contributed by atoms with Crippen molar-refractivity contribution in [3.8, 4) is 0 Å². The highest BCUT2D eigenvalue weighted by molar-refractivity contribution is 5.78. The topological polar surface area (TPSA) is 52.6 Å². The van der Waals surface area contributed by atoms with Crippen molar-refractivity contribution in [2.45, 2.75) is 77.8 Å². The first-order valence-corrected chi connectivity index (χ1v) is 8.65. The summed E-state index contributed by atoms with van der Waals surface area (Å²) in [5.74, 6) is 0.121. The van der Waals surface area contributed by atoms with Crippen LogP contribution >= 0.6 is 0 Å². The van der Waals surface area contributed by atoms with E-state index < -0.39 is 11.5 Å². The quantitative estimate of drug-likeness (QED) is 0.723. The molecule has 1 aliphatic heterocycles. The number of hydrogen-bond donors (Lipinski definition) is 2. The number of carboxylic acid groups (broad SMARTS) is 1. The van der Waals surface area contributed by atoms with E-state index in [4.69, 9.17) is 0 Å². The number of aliphatic carboxylic acids is 1. The van der Waals surface area contributed by atoms with Crippen LogP contribution in [0.2, 0.25) is 0 Å². The molecule has 3 atom stereocenters. The molecule has 0 saturated carbocycles. The van der Waals surface area contributed by atoms with Crippen LogP contribution in [0.15, 0.2) is 0 Å². The summed E-state index contributed by atoms with van der Waals surface area (Å²) in [4.78, 5) is 14.1. The molecule has 1 rings (SSSR count). The maximum atomic E-state index is 11.6. The second-order valence-electron chi connectivity index (χ2n) is 6.86. The molecular weight excluding hydrogens is 264 g/mol. The molecule has 4 nitrogen and oxygen atoms in total. The first kappa shape index (κ1) is 18.4. The van der Waals surface area contributed by atoms with Gasteiger partial charge in [0.1, 0.15) is 5.54 Å². The lowest BCUT2D eigenvalue weighted by molar-refractivity contribution is -0.145. The van der Waals surface area contributed by atoms with E-state index >= 15 is 0 Å². The smallest absolute Gasteiger partial charge is 0.323 e. The van der Waals surface area contributed by atoms with Gasteiger partial charge in [0.15, 0.2) is 0 Å². The molecule has 124 valence electrons. The lowest BCUT2D eigenvalue weighted by Gasteiger charge is -2.35. The molecule has 0 bridgehead atoms. The maximum Gasteiger partial charge on any atom is 0.323 e. The fraction of sp³-hybridized carbons (Fsp3) is 0.941. The lowest BCUT2D eigenvalue weighted by Crippen LogP contribution is -2.53. The van der Waals surface area contributed by atoms with Crippen LogP contribution in [0.3, 0.4) is 0 Å². The number of rotatable bonds is 8. The van der Waals surface area contributed by atoms with Gasteiger partial charge in [0.2, 0.25) is 0 Å². The number of carboxylic acids is 1. The monoisotopic (exact) mass is 298 g/mol. The lowest BCUT2D eigenvalue weighted by atomic mass is 9.92. The molecule has 0 spiro atoms. The average molecular weight is 298 g/mol. The van der Waals surface area contributed by atoms with Gasteiger partial charge in [0.05, 0.1) is 0 Å². The third-order valence-corrected chi connectivity index (χ3v) is 5.02. The fourth-order valence-corrected chi connectivity index (χ4v) is 3.39. The minimum Gasteiger partial charge on any atom is -0.480 e. The molecule has 0 aromatic carbocycles. The second kappa shape index (κ2) is 8.74. The molecule has 0 aromatic rings. The van der Waals surface area contributed by atoms with E-state index in [9.17, 15) is 9.90 Å². The number of likely N-dealkylation sites (tertiary alicyclic amines) is 1. The summed E-state index contributed by atoms with van der Waals surface area (Å²) in [7, 11) is 0. The predicted molar refractivity (Wildman–Crippen MR) is 87.6 cm³/mol. The van der Waals surface area contributed by atoms with Gasteiger partial charge in [-0.15, -0.1) is 0 Å². The van der Waals surface area contributed by atoms with Crippen molar-refractivity contribution in [1.82, 2.24) is 10.2 Å². The Labute approximate surface area is 130 Å². The molecule has 0 amide bonds. The van der Waals surface area contributed by atoms with Gasteiger partial charge in [0, 0.05) is 6.04 Å². The van der Waals surface area contributed by atoms with Gasteiger partial charge in [0.25, 0.3) is 0 Å². The molecule has 1 aliphatic rings. The zero-order chi connectivity index (χ0) is 15.9. The Morgan fingerprint density at radius 3 is 2.67 bits per heavy atom. The van der Waals surface area contributed by atoms with Gasteiger partial charge in [-0.3, -0.25) is 4.79 Å². The molecule has 0 aromatic heterocycles. The highest BCUT2D eigenvalue weighted by atomic mass is 16.4. The number of carbonyl (C=O) groups is 1. The van der Waals surface area contributed by atoms with Gasteiger partial charge in [-0.05, 0) is 71.5 Å². The summed E-state index contributed by atoms with van der Waals surface area (Å²) in [6, 6.07) is 0.311. The highest BCUT2D eigenvalue weighted by Gasteiger charge is 2.35. The van der Waals surface area contributed by atoms with Crippen molar-refractivity contribution in [3.05, 3.63) is 0 Å². The Hall–Kier alpha value is -0.610. The molecule has 2 N–H and O–H groups in total. The SMILES string of the molecule is CCCNC(C)(CC(C)N1CCCC(CC)CC1)C(=O)O. The highest BCUT2D eigenvalue weighted by Crippen LogP contribution is 2.24. The maximum absolute atomic E-state index is 11.6. The van der Waals surface area contributed by atoms with E-state index in [-0.39, 0.29) is 0 Å². The summed E-state index contributed by atoms with van der Waals surface area (Å²) >= 11 is 0. The van der Waals surface area contributed by atoms with Crippen molar-refractivity contribution in [2.75, 3.05) is 19.6 Å². The molecule has 0 radical (unpaired) electrons. The van der Waals surface area contributed by atoms with E-state index in [1.54, 1.807) is 0 Å². The Bertz CT molecular complexity index is 322. The molecule has 1 fully saturated rings. The van der Waals surface area contributed by atoms with E-state index in [1.165, 1.54) is 25.7 Å². The molecular formula is C17H34N2O2. The molecule has 1 saturated heterocycles. The van der Waals surface area contributed by atoms with Crippen molar-refractivity contribution in [3.63, 3.8) is 0 Å². The van der Waals surface area contributed by atoms with Gasteiger partial charge in [-0.1, -0.05) is 20.3 Å². The summed E-state index contributed by atoms with van der Waals surface area (Å²) in [5, 5.41) is 12.8. The van der Waals surface area contributed by atoms with Gasteiger partial charge >= 0.3 is 5.97 Å². The number of nitrogens with zero attached hydrogens (tertiary/aromatic N) is 1. The van der Waals surface area contributed by atoms with Crippen LogP contribution in [0.1, 0.15) is 66.2 Å². The predicted octanol–water partition coefficient (Wildman–Crippen LogP) is 3.12. The minimum atomic E-state index is -0.814.